The molecule has 2 N–H and O–H groups in total. The SMILES string of the molecule is COc1ccc(Nc2c(-c3ccc4nccnc4c3)c(C)nn2-c2ccccc2OC)c(C(=O)O)c1. The third kappa shape index (κ3) is 4.07. The summed E-state index contributed by atoms with van der Waals surface area (Å²) in [7, 11) is 3.09. The van der Waals surface area contributed by atoms with E-state index in [1.54, 1.807) is 36.3 Å². The zero-order valence-electron chi connectivity index (χ0n) is 19.9. The number of fused-ring (bicyclic) bond motifs is 1. The van der Waals surface area contributed by atoms with E-state index in [4.69, 9.17) is 14.6 Å². The van der Waals surface area contributed by atoms with Gasteiger partial charge in [-0.2, -0.15) is 5.10 Å². The number of benzene rings is 3. The molecule has 0 aliphatic rings. The van der Waals surface area contributed by atoms with Crippen molar-refractivity contribution in [1.29, 1.82) is 0 Å². The summed E-state index contributed by atoms with van der Waals surface area (Å²) in [5, 5.41) is 18.0. The number of carboxylic acids is 1. The average Bonchev–Trinajstić information content (AvgIpc) is 3.23. The number of hydrogen-bond donors (Lipinski definition) is 2. The summed E-state index contributed by atoms with van der Waals surface area (Å²) in [6.45, 7) is 1.90. The van der Waals surface area contributed by atoms with Gasteiger partial charge in [0.25, 0.3) is 0 Å². The summed E-state index contributed by atoms with van der Waals surface area (Å²) in [5.41, 5.74) is 5.04. The number of hydrogen-bond acceptors (Lipinski definition) is 7. The molecule has 0 radical (unpaired) electrons. The zero-order valence-corrected chi connectivity index (χ0v) is 19.9. The molecule has 0 saturated heterocycles. The van der Waals surface area contributed by atoms with Crippen molar-refractivity contribution in [3.05, 3.63) is 84.3 Å². The number of methoxy groups -OCH3 is 2. The molecular weight excluding hydrogens is 458 g/mol. The summed E-state index contributed by atoms with van der Waals surface area (Å²) >= 11 is 0. The molecule has 2 heterocycles. The molecule has 9 nitrogen and oxygen atoms in total. The Morgan fingerprint density at radius 1 is 0.944 bits per heavy atom. The topological polar surface area (TPSA) is 111 Å². The maximum atomic E-state index is 12.1. The highest BCUT2D eigenvalue weighted by atomic mass is 16.5. The maximum absolute atomic E-state index is 12.1. The van der Waals surface area contributed by atoms with Crippen LogP contribution in [0.2, 0.25) is 0 Å². The monoisotopic (exact) mass is 481 g/mol. The van der Waals surface area contributed by atoms with Gasteiger partial charge in [-0.1, -0.05) is 18.2 Å². The third-order valence-electron chi connectivity index (χ3n) is 5.84. The molecule has 36 heavy (non-hydrogen) atoms. The fourth-order valence-electron chi connectivity index (χ4n) is 4.15. The number of aromatic nitrogens is 4. The summed E-state index contributed by atoms with van der Waals surface area (Å²) in [5.74, 6) is 0.555. The van der Waals surface area contributed by atoms with Gasteiger partial charge in [0.05, 0.1) is 42.2 Å². The van der Waals surface area contributed by atoms with Crippen LogP contribution in [0.1, 0.15) is 16.1 Å². The van der Waals surface area contributed by atoms with Crippen molar-refractivity contribution in [2.24, 2.45) is 0 Å². The normalized spacial score (nSPS) is 10.9. The van der Waals surface area contributed by atoms with Crippen LogP contribution in [0.3, 0.4) is 0 Å². The van der Waals surface area contributed by atoms with Gasteiger partial charge in [-0.3, -0.25) is 9.97 Å². The second kappa shape index (κ2) is 9.38. The summed E-state index contributed by atoms with van der Waals surface area (Å²) < 4.78 is 12.5. The predicted molar refractivity (Wildman–Crippen MR) is 137 cm³/mol. The van der Waals surface area contributed by atoms with Gasteiger partial charge in [-0.15, -0.1) is 0 Å². The molecule has 0 amide bonds. The van der Waals surface area contributed by atoms with Crippen LogP contribution >= 0.6 is 0 Å². The molecule has 0 unspecified atom stereocenters. The van der Waals surface area contributed by atoms with Crippen molar-refractivity contribution < 1.29 is 19.4 Å². The lowest BCUT2D eigenvalue weighted by atomic mass is 10.0. The number of aryl methyl sites for hydroxylation is 1. The fourth-order valence-corrected chi connectivity index (χ4v) is 4.15. The number of nitrogens with zero attached hydrogens (tertiary/aromatic N) is 4. The van der Waals surface area contributed by atoms with Crippen LogP contribution in [0.4, 0.5) is 11.5 Å². The lowest BCUT2D eigenvalue weighted by molar-refractivity contribution is 0.0697. The first-order valence-corrected chi connectivity index (χ1v) is 11.1. The number of ether oxygens (including phenoxy) is 2. The van der Waals surface area contributed by atoms with E-state index >= 15 is 0 Å². The molecule has 0 spiro atoms. The average molecular weight is 482 g/mol. The molecule has 0 fully saturated rings. The number of anilines is 2. The summed E-state index contributed by atoms with van der Waals surface area (Å²) in [6, 6.07) is 18.1. The van der Waals surface area contributed by atoms with Crippen LogP contribution in [-0.4, -0.2) is 45.0 Å². The van der Waals surface area contributed by atoms with Gasteiger partial charge in [0.2, 0.25) is 0 Å². The Labute approximate surface area is 207 Å². The van der Waals surface area contributed by atoms with Gasteiger partial charge >= 0.3 is 5.97 Å². The second-order valence-electron chi connectivity index (χ2n) is 7.99. The Kier molecular flexibility index (Phi) is 5.95. The number of para-hydroxylation sites is 2. The number of aromatic carboxylic acids is 1. The lowest BCUT2D eigenvalue weighted by Gasteiger charge is -2.16. The Hall–Kier alpha value is -4.92. The minimum atomic E-state index is -1.08. The summed E-state index contributed by atoms with van der Waals surface area (Å²) in [6.07, 6.45) is 3.30. The maximum Gasteiger partial charge on any atom is 0.337 e. The Balaban J connectivity index is 1.75. The Morgan fingerprint density at radius 3 is 2.47 bits per heavy atom. The molecule has 9 heteroatoms. The Morgan fingerprint density at radius 2 is 1.72 bits per heavy atom. The second-order valence-corrected chi connectivity index (χ2v) is 7.99. The molecule has 5 rings (SSSR count). The highest BCUT2D eigenvalue weighted by Gasteiger charge is 2.23. The number of carbonyl (C=O) groups is 1. The smallest absolute Gasteiger partial charge is 0.337 e. The van der Waals surface area contributed by atoms with Crippen LogP contribution < -0.4 is 14.8 Å². The Bertz CT molecular complexity index is 1590. The molecular formula is C27H23N5O4. The minimum Gasteiger partial charge on any atom is -0.497 e. The van der Waals surface area contributed by atoms with Crippen molar-refractivity contribution in [3.8, 4) is 28.3 Å². The van der Waals surface area contributed by atoms with E-state index in [-0.39, 0.29) is 5.56 Å². The highest BCUT2D eigenvalue weighted by Crippen LogP contribution is 2.39. The van der Waals surface area contributed by atoms with E-state index in [0.717, 1.165) is 27.9 Å². The first kappa shape index (κ1) is 22.9. The van der Waals surface area contributed by atoms with E-state index in [9.17, 15) is 9.90 Å². The molecule has 0 aliphatic carbocycles. The number of nitrogens with one attached hydrogen (secondary N) is 1. The van der Waals surface area contributed by atoms with Gasteiger partial charge in [-0.05, 0) is 55.0 Å². The van der Waals surface area contributed by atoms with Crippen molar-refractivity contribution in [3.63, 3.8) is 0 Å². The van der Waals surface area contributed by atoms with Crippen molar-refractivity contribution >= 4 is 28.5 Å². The fraction of sp³-hybridized carbons (Fsp3) is 0.111. The number of carboxylic acid groups (broad SMARTS) is 1. The zero-order chi connectivity index (χ0) is 25.2. The molecule has 180 valence electrons. The van der Waals surface area contributed by atoms with Crippen molar-refractivity contribution in [2.75, 3.05) is 19.5 Å². The van der Waals surface area contributed by atoms with Gasteiger partial charge in [-0.25, -0.2) is 9.48 Å². The predicted octanol–water partition coefficient (Wildman–Crippen LogP) is 5.25. The largest absolute Gasteiger partial charge is 0.497 e. The minimum absolute atomic E-state index is 0.0649. The van der Waals surface area contributed by atoms with Crippen LogP contribution in [0.5, 0.6) is 11.5 Å². The number of rotatable bonds is 7. The van der Waals surface area contributed by atoms with Crippen molar-refractivity contribution in [1.82, 2.24) is 19.7 Å². The molecule has 0 bridgehead atoms. The van der Waals surface area contributed by atoms with Gasteiger partial charge in [0.1, 0.15) is 23.0 Å². The molecule has 3 aromatic carbocycles. The first-order valence-electron chi connectivity index (χ1n) is 11.1. The standard InChI is InChI=1S/C27H23N5O4/c1-16-25(17-8-10-21-22(14-17)29-13-12-28-21)26(32(31-16)23-6-4-5-7-24(23)36-3)30-20-11-9-18(35-2)15-19(20)27(33)34/h4-15,30H,1-3H3,(H,33,34). The molecule has 0 aliphatic heterocycles. The van der Waals surface area contributed by atoms with E-state index < -0.39 is 5.97 Å². The van der Waals surface area contributed by atoms with E-state index in [1.807, 2.05) is 49.4 Å². The lowest BCUT2D eigenvalue weighted by Crippen LogP contribution is -2.08. The quantitative estimate of drug-likeness (QED) is 0.324. The van der Waals surface area contributed by atoms with Gasteiger partial charge in [0.15, 0.2) is 0 Å². The molecule has 5 aromatic rings. The van der Waals surface area contributed by atoms with E-state index in [1.165, 1.54) is 13.2 Å². The van der Waals surface area contributed by atoms with Crippen LogP contribution in [0.25, 0.3) is 27.8 Å². The third-order valence-corrected chi connectivity index (χ3v) is 5.84. The molecule has 0 atom stereocenters. The summed E-state index contributed by atoms with van der Waals surface area (Å²) in [4.78, 5) is 20.9. The highest BCUT2D eigenvalue weighted by molar-refractivity contribution is 5.97. The van der Waals surface area contributed by atoms with Crippen LogP contribution in [0, 0.1) is 6.92 Å². The van der Waals surface area contributed by atoms with E-state index in [2.05, 4.69) is 15.3 Å². The van der Waals surface area contributed by atoms with Gasteiger partial charge in [0, 0.05) is 18.0 Å². The molecule has 2 aromatic heterocycles. The molecule has 0 saturated carbocycles. The van der Waals surface area contributed by atoms with Crippen LogP contribution in [-0.2, 0) is 0 Å². The van der Waals surface area contributed by atoms with Crippen LogP contribution in [0.15, 0.2) is 73.1 Å². The first-order chi connectivity index (χ1) is 17.5. The van der Waals surface area contributed by atoms with Crippen molar-refractivity contribution in [2.45, 2.75) is 6.92 Å². The van der Waals surface area contributed by atoms with Gasteiger partial charge < -0.3 is 19.9 Å². The van der Waals surface area contributed by atoms with E-state index in [0.29, 0.717) is 28.7 Å².